The Bertz CT molecular complexity index is 900. The summed E-state index contributed by atoms with van der Waals surface area (Å²) >= 11 is 3.36. The Labute approximate surface area is 173 Å². The van der Waals surface area contributed by atoms with E-state index >= 15 is 0 Å². The van der Waals surface area contributed by atoms with E-state index in [0.717, 1.165) is 15.6 Å². The smallest absolute Gasteiger partial charge is 0.323 e. The van der Waals surface area contributed by atoms with Crippen molar-refractivity contribution in [2.24, 2.45) is 0 Å². The molecule has 28 heavy (non-hydrogen) atoms. The molecule has 0 saturated heterocycles. The molecule has 0 fully saturated rings. The number of hydrogen-bond donors (Lipinski definition) is 2. The lowest BCUT2D eigenvalue weighted by atomic mass is 10.1. The molecule has 0 aromatic heterocycles. The molecule has 5 heteroatoms. The van der Waals surface area contributed by atoms with E-state index in [1.807, 2.05) is 60.7 Å². The number of esters is 1. The largest absolute Gasteiger partial charge is 0.508 e. The van der Waals surface area contributed by atoms with Crippen LogP contribution < -0.4 is 5.32 Å². The fourth-order valence-electron chi connectivity index (χ4n) is 2.84. The summed E-state index contributed by atoms with van der Waals surface area (Å²) < 4.78 is 6.32. The van der Waals surface area contributed by atoms with E-state index in [1.54, 1.807) is 18.2 Å². The second kappa shape index (κ2) is 10.1. The summed E-state index contributed by atoms with van der Waals surface area (Å²) in [7, 11) is 0. The molecule has 0 unspecified atom stereocenters. The summed E-state index contributed by atoms with van der Waals surface area (Å²) in [6, 6.07) is 24.3. The van der Waals surface area contributed by atoms with Gasteiger partial charge in [0.2, 0.25) is 0 Å². The SMILES string of the molecule is O=C(OCc1cc(Br)ccc1O)[C@H](Cc1ccccc1)NCc1ccccc1. The minimum Gasteiger partial charge on any atom is -0.508 e. The maximum atomic E-state index is 12.8. The number of aromatic hydroxyl groups is 1. The molecule has 0 saturated carbocycles. The third-order valence-electron chi connectivity index (χ3n) is 4.37. The predicted molar refractivity (Wildman–Crippen MR) is 113 cm³/mol. The molecule has 0 aliphatic heterocycles. The highest BCUT2D eigenvalue weighted by Gasteiger charge is 2.21. The molecule has 0 aliphatic rings. The van der Waals surface area contributed by atoms with E-state index in [0.29, 0.717) is 18.5 Å². The second-order valence-corrected chi connectivity index (χ2v) is 7.41. The molecule has 4 nitrogen and oxygen atoms in total. The molecule has 0 radical (unpaired) electrons. The standard InChI is InChI=1S/C23H22BrNO3/c24-20-11-12-22(26)19(14-20)16-28-23(27)21(13-17-7-3-1-4-8-17)25-15-18-9-5-2-6-10-18/h1-12,14,21,25-26H,13,15-16H2/t21-/m0/s1. The molecule has 0 aliphatic carbocycles. The Morgan fingerprint density at radius 3 is 2.29 bits per heavy atom. The lowest BCUT2D eigenvalue weighted by Gasteiger charge is -2.18. The van der Waals surface area contributed by atoms with Crippen LogP contribution in [0.3, 0.4) is 0 Å². The summed E-state index contributed by atoms with van der Waals surface area (Å²) in [4.78, 5) is 12.8. The number of halogens is 1. The van der Waals surface area contributed by atoms with E-state index in [2.05, 4.69) is 21.2 Å². The van der Waals surface area contributed by atoms with Crippen LogP contribution in [0.25, 0.3) is 0 Å². The first kappa shape index (κ1) is 20.1. The molecule has 2 N–H and O–H groups in total. The van der Waals surface area contributed by atoms with Crippen molar-refractivity contribution in [1.82, 2.24) is 5.32 Å². The van der Waals surface area contributed by atoms with Gasteiger partial charge in [-0.05, 0) is 35.7 Å². The summed E-state index contributed by atoms with van der Waals surface area (Å²) in [5.74, 6) is -0.244. The number of ether oxygens (including phenoxy) is 1. The van der Waals surface area contributed by atoms with Crippen LogP contribution in [0.15, 0.2) is 83.3 Å². The Morgan fingerprint density at radius 1 is 0.964 bits per heavy atom. The van der Waals surface area contributed by atoms with Gasteiger partial charge in [-0.2, -0.15) is 0 Å². The lowest BCUT2D eigenvalue weighted by Crippen LogP contribution is -2.39. The quantitative estimate of drug-likeness (QED) is 0.503. The zero-order chi connectivity index (χ0) is 19.8. The zero-order valence-electron chi connectivity index (χ0n) is 15.3. The number of benzene rings is 3. The maximum absolute atomic E-state index is 12.8. The number of carbonyl (C=O) groups excluding carboxylic acids is 1. The zero-order valence-corrected chi connectivity index (χ0v) is 16.9. The van der Waals surface area contributed by atoms with Crippen LogP contribution in [0.1, 0.15) is 16.7 Å². The van der Waals surface area contributed by atoms with Gasteiger partial charge in [0.1, 0.15) is 18.4 Å². The van der Waals surface area contributed by atoms with Gasteiger partial charge in [0.25, 0.3) is 0 Å². The van der Waals surface area contributed by atoms with Crippen LogP contribution in [-0.4, -0.2) is 17.1 Å². The summed E-state index contributed by atoms with van der Waals surface area (Å²) in [5.41, 5.74) is 2.71. The fourth-order valence-corrected chi connectivity index (χ4v) is 3.25. The Kier molecular flexibility index (Phi) is 7.23. The fraction of sp³-hybridized carbons (Fsp3) is 0.174. The van der Waals surface area contributed by atoms with Gasteiger partial charge in [-0.1, -0.05) is 76.6 Å². The van der Waals surface area contributed by atoms with Crippen molar-refractivity contribution in [2.45, 2.75) is 25.6 Å². The molecule has 3 rings (SSSR count). The monoisotopic (exact) mass is 439 g/mol. The van der Waals surface area contributed by atoms with Crippen LogP contribution >= 0.6 is 15.9 Å². The highest BCUT2D eigenvalue weighted by Crippen LogP contribution is 2.22. The molecule has 3 aromatic rings. The van der Waals surface area contributed by atoms with E-state index in [9.17, 15) is 9.90 Å². The normalized spacial score (nSPS) is 11.8. The minimum atomic E-state index is -0.489. The van der Waals surface area contributed by atoms with E-state index in [-0.39, 0.29) is 18.3 Å². The molecule has 0 amide bonds. The average molecular weight is 440 g/mol. The van der Waals surface area contributed by atoms with Crippen LogP contribution in [0, 0.1) is 0 Å². The molecule has 0 bridgehead atoms. The number of phenols is 1. The van der Waals surface area contributed by atoms with Gasteiger partial charge in [-0.15, -0.1) is 0 Å². The Balaban J connectivity index is 1.67. The molecule has 3 aromatic carbocycles. The van der Waals surface area contributed by atoms with Gasteiger partial charge in [0.15, 0.2) is 0 Å². The lowest BCUT2D eigenvalue weighted by molar-refractivity contribution is -0.147. The van der Waals surface area contributed by atoms with Crippen LogP contribution in [0.4, 0.5) is 0 Å². The number of phenolic OH excluding ortho intramolecular Hbond substituents is 1. The van der Waals surface area contributed by atoms with E-state index < -0.39 is 6.04 Å². The van der Waals surface area contributed by atoms with Gasteiger partial charge in [-0.3, -0.25) is 4.79 Å². The van der Waals surface area contributed by atoms with Crippen molar-refractivity contribution in [1.29, 1.82) is 0 Å². The van der Waals surface area contributed by atoms with Crippen LogP contribution in [0.2, 0.25) is 0 Å². The maximum Gasteiger partial charge on any atom is 0.323 e. The molecule has 0 spiro atoms. The second-order valence-electron chi connectivity index (χ2n) is 6.49. The first-order valence-electron chi connectivity index (χ1n) is 9.07. The van der Waals surface area contributed by atoms with Gasteiger partial charge < -0.3 is 15.2 Å². The van der Waals surface area contributed by atoms with Gasteiger partial charge in [-0.25, -0.2) is 0 Å². The van der Waals surface area contributed by atoms with Crippen molar-refractivity contribution < 1.29 is 14.6 Å². The minimum absolute atomic E-state index is 0.0163. The van der Waals surface area contributed by atoms with Crippen molar-refractivity contribution in [2.75, 3.05) is 0 Å². The Hall–Kier alpha value is -2.63. The predicted octanol–water partition coefficient (Wildman–Crippen LogP) is 4.60. The summed E-state index contributed by atoms with van der Waals surface area (Å²) in [5, 5.41) is 13.2. The van der Waals surface area contributed by atoms with Crippen LogP contribution in [0.5, 0.6) is 5.75 Å². The molecular formula is C23H22BrNO3. The van der Waals surface area contributed by atoms with E-state index in [1.165, 1.54) is 0 Å². The van der Waals surface area contributed by atoms with Gasteiger partial charge in [0, 0.05) is 16.6 Å². The highest BCUT2D eigenvalue weighted by atomic mass is 79.9. The molecule has 1 atom stereocenters. The van der Waals surface area contributed by atoms with Crippen molar-refractivity contribution >= 4 is 21.9 Å². The van der Waals surface area contributed by atoms with E-state index in [4.69, 9.17) is 4.74 Å². The highest BCUT2D eigenvalue weighted by molar-refractivity contribution is 9.10. The van der Waals surface area contributed by atoms with Crippen molar-refractivity contribution in [3.05, 3.63) is 100 Å². The third kappa shape index (κ3) is 5.94. The third-order valence-corrected chi connectivity index (χ3v) is 4.87. The number of rotatable bonds is 8. The average Bonchev–Trinajstić information content (AvgIpc) is 2.73. The van der Waals surface area contributed by atoms with Crippen molar-refractivity contribution in [3.63, 3.8) is 0 Å². The molecular weight excluding hydrogens is 418 g/mol. The summed E-state index contributed by atoms with van der Waals surface area (Å²) in [6.07, 6.45) is 0.525. The van der Waals surface area contributed by atoms with Crippen LogP contribution in [-0.2, 0) is 29.1 Å². The number of hydrogen-bond acceptors (Lipinski definition) is 4. The Morgan fingerprint density at radius 2 is 1.61 bits per heavy atom. The first-order chi connectivity index (χ1) is 13.6. The van der Waals surface area contributed by atoms with Gasteiger partial charge >= 0.3 is 5.97 Å². The molecule has 0 heterocycles. The number of carbonyl (C=O) groups is 1. The summed E-state index contributed by atoms with van der Waals surface area (Å²) in [6.45, 7) is 0.581. The topological polar surface area (TPSA) is 58.6 Å². The first-order valence-corrected chi connectivity index (χ1v) is 9.86. The van der Waals surface area contributed by atoms with Crippen molar-refractivity contribution in [3.8, 4) is 5.75 Å². The molecule has 144 valence electrons. The van der Waals surface area contributed by atoms with Gasteiger partial charge in [0.05, 0.1) is 0 Å². The number of nitrogens with one attached hydrogen (secondary N) is 1.